The molecular formula is C13H16N2O2. The number of aromatic nitrogens is 1. The molecule has 17 heavy (non-hydrogen) atoms. The number of ether oxygens (including phenoxy) is 2. The molecule has 1 unspecified atom stereocenters. The number of pyridine rings is 1. The molecule has 0 aliphatic carbocycles. The van der Waals surface area contributed by atoms with Gasteiger partial charge in [-0.1, -0.05) is 0 Å². The Bertz CT molecular complexity index is 514. The number of nitrogen functional groups attached to an aromatic ring is 1. The summed E-state index contributed by atoms with van der Waals surface area (Å²) in [6.45, 7) is 2.52. The van der Waals surface area contributed by atoms with Gasteiger partial charge in [0, 0.05) is 36.0 Å². The van der Waals surface area contributed by atoms with Crippen LogP contribution in [0.15, 0.2) is 30.6 Å². The van der Waals surface area contributed by atoms with Crippen molar-refractivity contribution in [2.24, 2.45) is 0 Å². The molecule has 1 aromatic heterocycles. The highest BCUT2D eigenvalue weighted by Crippen LogP contribution is 2.29. The van der Waals surface area contributed by atoms with Gasteiger partial charge in [0.2, 0.25) is 0 Å². The largest absolute Gasteiger partial charge is 0.488 e. The van der Waals surface area contributed by atoms with Crippen LogP contribution in [0.4, 0.5) is 5.69 Å². The third-order valence-corrected chi connectivity index (χ3v) is 2.54. The standard InChI is InChI=1S/C13H16N2O2/c1-9(8-16-2)17-13-4-3-12(14)11-7-15-6-5-10(11)13/h3-7,9H,8,14H2,1-2H3. The molecule has 0 aliphatic rings. The number of benzene rings is 1. The van der Waals surface area contributed by atoms with Crippen molar-refractivity contribution in [3.8, 4) is 5.75 Å². The van der Waals surface area contributed by atoms with Crippen LogP contribution in [-0.4, -0.2) is 24.8 Å². The third kappa shape index (κ3) is 2.47. The van der Waals surface area contributed by atoms with Crippen LogP contribution in [0, 0.1) is 0 Å². The maximum Gasteiger partial charge on any atom is 0.127 e. The monoisotopic (exact) mass is 232 g/mol. The molecule has 0 spiro atoms. The molecule has 0 amide bonds. The number of nitrogens with zero attached hydrogens (tertiary/aromatic N) is 1. The van der Waals surface area contributed by atoms with Gasteiger partial charge in [0.05, 0.1) is 6.61 Å². The highest BCUT2D eigenvalue weighted by atomic mass is 16.5. The van der Waals surface area contributed by atoms with Crippen LogP contribution >= 0.6 is 0 Å². The summed E-state index contributed by atoms with van der Waals surface area (Å²) in [4.78, 5) is 4.07. The molecule has 0 saturated carbocycles. The smallest absolute Gasteiger partial charge is 0.127 e. The van der Waals surface area contributed by atoms with Crippen molar-refractivity contribution in [3.63, 3.8) is 0 Å². The minimum Gasteiger partial charge on any atom is -0.488 e. The second-order valence-electron chi connectivity index (χ2n) is 3.96. The molecule has 4 heteroatoms. The van der Waals surface area contributed by atoms with Gasteiger partial charge in [-0.15, -0.1) is 0 Å². The van der Waals surface area contributed by atoms with Gasteiger partial charge < -0.3 is 15.2 Å². The van der Waals surface area contributed by atoms with E-state index in [9.17, 15) is 0 Å². The van der Waals surface area contributed by atoms with Crippen molar-refractivity contribution in [2.75, 3.05) is 19.5 Å². The van der Waals surface area contributed by atoms with Gasteiger partial charge in [-0.2, -0.15) is 0 Å². The van der Waals surface area contributed by atoms with Gasteiger partial charge in [-0.05, 0) is 25.1 Å². The van der Waals surface area contributed by atoms with E-state index in [1.807, 2.05) is 25.1 Å². The first-order chi connectivity index (χ1) is 8.22. The van der Waals surface area contributed by atoms with Crippen LogP contribution in [-0.2, 0) is 4.74 Å². The minimum atomic E-state index is -0.00000945. The maximum atomic E-state index is 5.89. The Labute approximate surface area is 100 Å². The molecule has 0 fully saturated rings. The van der Waals surface area contributed by atoms with Gasteiger partial charge in [0.25, 0.3) is 0 Å². The van der Waals surface area contributed by atoms with Gasteiger partial charge in [0.15, 0.2) is 0 Å². The molecule has 1 atom stereocenters. The van der Waals surface area contributed by atoms with Crippen molar-refractivity contribution in [3.05, 3.63) is 30.6 Å². The summed E-state index contributed by atoms with van der Waals surface area (Å²) < 4.78 is 10.9. The number of nitrogens with two attached hydrogens (primary N) is 1. The summed E-state index contributed by atoms with van der Waals surface area (Å²) in [5.74, 6) is 0.807. The van der Waals surface area contributed by atoms with Crippen LogP contribution in [0.1, 0.15) is 6.92 Å². The van der Waals surface area contributed by atoms with E-state index in [0.717, 1.165) is 16.5 Å². The molecule has 2 aromatic rings. The maximum absolute atomic E-state index is 5.89. The molecule has 2 rings (SSSR count). The molecule has 1 aromatic carbocycles. The summed E-state index contributed by atoms with van der Waals surface area (Å²) in [6.07, 6.45) is 3.48. The van der Waals surface area contributed by atoms with E-state index in [1.165, 1.54) is 0 Å². The first-order valence-corrected chi connectivity index (χ1v) is 5.50. The molecular weight excluding hydrogens is 216 g/mol. The van der Waals surface area contributed by atoms with E-state index >= 15 is 0 Å². The lowest BCUT2D eigenvalue weighted by atomic mass is 10.1. The fourth-order valence-electron chi connectivity index (χ4n) is 1.77. The number of hydrogen-bond donors (Lipinski definition) is 1. The molecule has 0 radical (unpaired) electrons. The average molecular weight is 232 g/mol. The predicted octanol–water partition coefficient (Wildman–Crippen LogP) is 2.23. The highest BCUT2D eigenvalue weighted by molar-refractivity contribution is 5.96. The van der Waals surface area contributed by atoms with E-state index in [4.69, 9.17) is 15.2 Å². The zero-order chi connectivity index (χ0) is 12.3. The molecule has 2 N–H and O–H groups in total. The quantitative estimate of drug-likeness (QED) is 0.821. The first kappa shape index (κ1) is 11.7. The normalized spacial score (nSPS) is 12.6. The summed E-state index contributed by atoms with van der Waals surface area (Å²) in [5.41, 5.74) is 6.60. The fraction of sp³-hybridized carbons (Fsp3) is 0.308. The van der Waals surface area contributed by atoms with Crippen LogP contribution in [0.3, 0.4) is 0 Å². The summed E-state index contributed by atoms with van der Waals surface area (Å²) in [6, 6.07) is 5.61. The first-order valence-electron chi connectivity index (χ1n) is 5.50. The average Bonchev–Trinajstić information content (AvgIpc) is 2.34. The van der Waals surface area contributed by atoms with Crippen molar-refractivity contribution < 1.29 is 9.47 Å². The van der Waals surface area contributed by atoms with Crippen LogP contribution in [0.2, 0.25) is 0 Å². The fourth-order valence-corrected chi connectivity index (χ4v) is 1.77. The lowest BCUT2D eigenvalue weighted by molar-refractivity contribution is 0.0931. The number of anilines is 1. The molecule has 0 bridgehead atoms. The third-order valence-electron chi connectivity index (χ3n) is 2.54. The summed E-state index contributed by atoms with van der Waals surface area (Å²) >= 11 is 0. The van der Waals surface area contributed by atoms with E-state index in [1.54, 1.807) is 19.5 Å². The van der Waals surface area contributed by atoms with E-state index in [-0.39, 0.29) is 6.10 Å². The number of methoxy groups -OCH3 is 1. The zero-order valence-electron chi connectivity index (χ0n) is 10.0. The van der Waals surface area contributed by atoms with Gasteiger partial charge in [0.1, 0.15) is 11.9 Å². The van der Waals surface area contributed by atoms with Crippen molar-refractivity contribution in [1.82, 2.24) is 4.98 Å². The molecule has 0 saturated heterocycles. The van der Waals surface area contributed by atoms with Crippen LogP contribution < -0.4 is 10.5 Å². The topological polar surface area (TPSA) is 57.4 Å². The Morgan fingerprint density at radius 2 is 2.12 bits per heavy atom. The summed E-state index contributed by atoms with van der Waals surface area (Å²) in [7, 11) is 1.66. The van der Waals surface area contributed by atoms with Crippen LogP contribution in [0.5, 0.6) is 5.75 Å². The van der Waals surface area contributed by atoms with Crippen LogP contribution in [0.25, 0.3) is 10.8 Å². The van der Waals surface area contributed by atoms with Crippen molar-refractivity contribution >= 4 is 16.5 Å². The van der Waals surface area contributed by atoms with Gasteiger partial charge >= 0.3 is 0 Å². The van der Waals surface area contributed by atoms with E-state index < -0.39 is 0 Å². The lowest BCUT2D eigenvalue weighted by Gasteiger charge is -2.16. The second kappa shape index (κ2) is 5.01. The number of fused-ring (bicyclic) bond motifs is 1. The lowest BCUT2D eigenvalue weighted by Crippen LogP contribution is -2.18. The van der Waals surface area contributed by atoms with Crippen molar-refractivity contribution in [2.45, 2.75) is 13.0 Å². The molecule has 0 aliphatic heterocycles. The second-order valence-corrected chi connectivity index (χ2v) is 3.96. The zero-order valence-corrected chi connectivity index (χ0v) is 10.0. The van der Waals surface area contributed by atoms with Gasteiger partial charge in [-0.25, -0.2) is 0 Å². The minimum absolute atomic E-state index is 0.00000945. The van der Waals surface area contributed by atoms with E-state index in [0.29, 0.717) is 12.3 Å². The molecule has 90 valence electrons. The molecule has 1 heterocycles. The Hall–Kier alpha value is -1.81. The predicted molar refractivity (Wildman–Crippen MR) is 68.1 cm³/mol. The Balaban J connectivity index is 2.38. The summed E-state index contributed by atoms with van der Waals surface area (Å²) in [5, 5.41) is 1.89. The van der Waals surface area contributed by atoms with E-state index in [2.05, 4.69) is 4.98 Å². The highest BCUT2D eigenvalue weighted by Gasteiger charge is 2.08. The Kier molecular flexibility index (Phi) is 3.44. The Morgan fingerprint density at radius 3 is 2.88 bits per heavy atom. The van der Waals surface area contributed by atoms with Crippen molar-refractivity contribution in [1.29, 1.82) is 0 Å². The number of hydrogen-bond acceptors (Lipinski definition) is 4. The van der Waals surface area contributed by atoms with Gasteiger partial charge in [-0.3, -0.25) is 4.98 Å². The SMILES string of the molecule is COCC(C)Oc1ccc(N)c2cnccc12. The number of rotatable bonds is 4. The molecule has 4 nitrogen and oxygen atoms in total. The Morgan fingerprint density at radius 1 is 1.29 bits per heavy atom.